The number of methoxy groups -OCH3 is 4. The van der Waals surface area contributed by atoms with Crippen LogP contribution in [-0.4, -0.2) is 34.2 Å². The summed E-state index contributed by atoms with van der Waals surface area (Å²) in [6.45, 7) is 0. The lowest BCUT2D eigenvalue weighted by molar-refractivity contribution is 0.104. The van der Waals surface area contributed by atoms with E-state index >= 15 is 0 Å². The molecule has 0 aliphatic carbocycles. The molecule has 0 aliphatic rings. The van der Waals surface area contributed by atoms with E-state index in [2.05, 4.69) is 5.32 Å². The molecule has 0 amide bonds. The summed E-state index contributed by atoms with van der Waals surface area (Å²) >= 11 is 0. The topological polar surface area (TPSA) is 66.0 Å². The SMILES string of the molecule is COc1cc(N/C=C\C(=O)c2ccccc2)c(C=Cc2cc(OC)c(OC)c(OC)c2)cc1F. The Kier molecular flexibility index (Phi) is 8.29. The predicted molar refractivity (Wildman–Crippen MR) is 132 cm³/mol. The first-order valence-corrected chi connectivity index (χ1v) is 10.4. The van der Waals surface area contributed by atoms with E-state index in [-0.39, 0.29) is 11.5 Å². The second-order valence-corrected chi connectivity index (χ2v) is 7.07. The largest absolute Gasteiger partial charge is 0.494 e. The van der Waals surface area contributed by atoms with Crippen molar-refractivity contribution in [1.82, 2.24) is 0 Å². The normalized spacial score (nSPS) is 11.0. The number of carbonyl (C=O) groups excluding carboxylic acids is 1. The van der Waals surface area contributed by atoms with Crippen LogP contribution in [0.4, 0.5) is 10.1 Å². The van der Waals surface area contributed by atoms with Gasteiger partial charge in [-0.3, -0.25) is 4.79 Å². The summed E-state index contributed by atoms with van der Waals surface area (Å²) in [5.41, 5.74) is 2.43. The molecule has 0 saturated heterocycles. The van der Waals surface area contributed by atoms with Crippen LogP contribution >= 0.6 is 0 Å². The maximum absolute atomic E-state index is 14.4. The van der Waals surface area contributed by atoms with Crippen molar-refractivity contribution in [3.05, 3.63) is 89.4 Å². The van der Waals surface area contributed by atoms with E-state index in [0.717, 1.165) is 5.56 Å². The van der Waals surface area contributed by atoms with Crippen LogP contribution in [0.2, 0.25) is 0 Å². The molecule has 6 nitrogen and oxygen atoms in total. The molecule has 34 heavy (non-hydrogen) atoms. The molecule has 0 atom stereocenters. The molecule has 3 rings (SSSR count). The van der Waals surface area contributed by atoms with Crippen molar-refractivity contribution < 1.29 is 28.1 Å². The average molecular weight is 464 g/mol. The Balaban J connectivity index is 1.91. The molecule has 0 unspecified atom stereocenters. The van der Waals surface area contributed by atoms with Gasteiger partial charge in [-0.1, -0.05) is 42.5 Å². The van der Waals surface area contributed by atoms with Crippen LogP contribution in [0.5, 0.6) is 23.0 Å². The number of carbonyl (C=O) groups is 1. The predicted octanol–water partition coefficient (Wildman–Crippen LogP) is 5.84. The number of ketones is 1. The highest BCUT2D eigenvalue weighted by Crippen LogP contribution is 2.39. The molecule has 0 bridgehead atoms. The van der Waals surface area contributed by atoms with Crippen LogP contribution in [0.15, 0.2) is 66.9 Å². The zero-order valence-corrected chi connectivity index (χ0v) is 19.4. The summed E-state index contributed by atoms with van der Waals surface area (Å²) in [6, 6.07) is 15.3. The van der Waals surface area contributed by atoms with Crippen LogP contribution in [0.3, 0.4) is 0 Å². The van der Waals surface area contributed by atoms with Crippen molar-refractivity contribution in [1.29, 1.82) is 0 Å². The Labute approximate surface area is 198 Å². The van der Waals surface area contributed by atoms with E-state index in [1.165, 1.54) is 52.8 Å². The first-order valence-electron chi connectivity index (χ1n) is 10.4. The smallest absolute Gasteiger partial charge is 0.203 e. The van der Waals surface area contributed by atoms with Gasteiger partial charge in [-0.05, 0) is 23.8 Å². The van der Waals surface area contributed by atoms with Crippen molar-refractivity contribution in [3.63, 3.8) is 0 Å². The van der Waals surface area contributed by atoms with Crippen molar-refractivity contribution in [2.75, 3.05) is 33.8 Å². The lowest BCUT2D eigenvalue weighted by Crippen LogP contribution is -1.98. The standard InChI is InChI=1S/C27H26FNO5/c1-31-24-17-22(29-13-12-23(30)19-8-6-5-7-9-19)20(16-21(24)28)11-10-18-14-25(32-2)27(34-4)26(15-18)33-3/h5-17,29H,1-4H3/b11-10?,13-12-. The fraction of sp³-hybridized carbons (Fsp3) is 0.148. The number of anilines is 1. The zero-order chi connectivity index (χ0) is 24.5. The summed E-state index contributed by atoms with van der Waals surface area (Å²) < 4.78 is 35.7. The maximum atomic E-state index is 14.4. The Morgan fingerprint density at radius 3 is 2.06 bits per heavy atom. The monoisotopic (exact) mass is 463 g/mol. The van der Waals surface area contributed by atoms with Gasteiger partial charge in [0.15, 0.2) is 28.8 Å². The number of allylic oxidation sites excluding steroid dienone is 1. The van der Waals surface area contributed by atoms with Gasteiger partial charge in [0, 0.05) is 35.2 Å². The number of halogens is 1. The zero-order valence-electron chi connectivity index (χ0n) is 19.4. The first kappa shape index (κ1) is 24.4. The Morgan fingerprint density at radius 1 is 0.824 bits per heavy atom. The molecule has 0 saturated carbocycles. The number of hydrogen-bond acceptors (Lipinski definition) is 6. The summed E-state index contributed by atoms with van der Waals surface area (Å²) in [6.07, 6.45) is 6.45. The van der Waals surface area contributed by atoms with Crippen LogP contribution in [-0.2, 0) is 0 Å². The molecule has 0 radical (unpaired) electrons. The highest BCUT2D eigenvalue weighted by Gasteiger charge is 2.13. The summed E-state index contributed by atoms with van der Waals surface area (Å²) in [5.74, 6) is 0.897. The van der Waals surface area contributed by atoms with Crippen LogP contribution < -0.4 is 24.3 Å². The third-order valence-electron chi connectivity index (χ3n) is 5.00. The molecular weight excluding hydrogens is 437 g/mol. The summed E-state index contributed by atoms with van der Waals surface area (Å²) in [5, 5.41) is 3.05. The van der Waals surface area contributed by atoms with Crippen LogP contribution in [0, 0.1) is 5.82 Å². The van der Waals surface area contributed by atoms with Crippen molar-refractivity contribution in [2.24, 2.45) is 0 Å². The first-order chi connectivity index (χ1) is 16.5. The minimum atomic E-state index is -0.512. The van der Waals surface area contributed by atoms with E-state index < -0.39 is 5.82 Å². The van der Waals surface area contributed by atoms with E-state index in [1.54, 1.807) is 48.6 Å². The van der Waals surface area contributed by atoms with Gasteiger partial charge in [0.2, 0.25) is 5.75 Å². The highest BCUT2D eigenvalue weighted by molar-refractivity contribution is 6.04. The summed E-state index contributed by atoms with van der Waals surface area (Å²) in [4.78, 5) is 12.3. The van der Waals surface area contributed by atoms with Gasteiger partial charge in [0.25, 0.3) is 0 Å². The lowest BCUT2D eigenvalue weighted by Gasteiger charge is -2.13. The van der Waals surface area contributed by atoms with Gasteiger partial charge in [0.05, 0.1) is 28.4 Å². The number of ether oxygens (including phenoxy) is 4. The average Bonchev–Trinajstić information content (AvgIpc) is 2.87. The second-order valence-electron chi connectivity index (χ2n) is 7.07. The Bertz CT molecular complexity index is 1180. The van der Waals surface area contributed by atoms with Gasteiger partial charge in [-0.15, -0.1) is 0 Å². The fourth-order valence-corrected chi connectivity index (χ4v) is 3.28. The fourth-order valence-electron chi connectivity index (χ4n) is 3.28. The number of hydrogen-bond donors (Lipinski definition) is 1. The second kappa shape index (κ2) is 11.6. The quantitative estimate of drug-likeness (QED) is 0.232. The molecule has 0 aliphatic heterocycles. The molecule has 3 aromatic carbocycles. The molecular formula is C27H26FNO5. The number of nitrogens with one attached hydrogen (secondary N) is 1. The molecule has 0 fully saturated rings. The van der Waals surface area contributed by atoms with Gasteiger partial charge in [-0.2, -0.15) is 0 Å². The van der Waals surface area contributed by atoms with Gasteiger partial charge < -0.3 is 24.3 Å². The van der Waals surface area contributed by atoms with E-state index in [9.17, 15) is 9.18 Å². The minimum absolute atomic E-state index is 0.0789. The van der Waals surface area contributed by atoms with E-state index in [0.29, 0.717) is 34.1 Å². The third-order valence-corrected chi connectivity index (χ3v) is 5.00. The molecule has 7 heteroatoms. The molecule has 1 N–H and O–H groups in total. The van der Waals surface area contributed by atoms with Crippen molar-refractivity contribution >= 4 is 23.6 Å². The van der Waals surface area contributed by atoms with Crippen molar-refractivity contribution in [3.8, 4) is 23.0 Å². The lowest BCUT2D eigenvalue weighted by atomic mass is 10.1. The third kappa shape index (κ3) is 5.75. The minimum Gasteiger partial charge on any atom is -0.494 e. The van der Waals surface area contributed by atoms with Gasteiger partial charge in [-0.25, -0.2) is 4.39 Å². The number of rotatable bonds is 10. The van der Waals surface area contributed by atoms with Gasteiger partial charge in [0.1, 0.15) is 0 Å². The van der Waals surface area contributed by atoms with Crippen LogP contribution in [0.1, 0.15) is 21.5 Å². The molecule has 0 spiro atoms. The molecule has 0 aromatic heterocycles. The molecule has 0 heterocycles. The summed E-state index contributed by atoms with van der Waals surface area (Å²) in [7, 11) is 6.00. The van der Waals surface area contributed by atoms with Gasteiger partial charge >= 0.3 is 0 Å². The number of benzene rings is 3. The molecule has 3 aromatic rings. The highest BCUT2D eigenvalue weighted by atomic mass is 19.1. The Hall–Kier alpha value is -4.26. The van der Waals surface area contributed by atoms with Crippen LogP contribution in [0.25, 0.3) is 12.2 Å². The van der Waals surface area contributed by atoms with E-state index in [1.807, 2.05) is 6.07 Å². The molecule has 176 valence electrons. The van der Waals surface area contributed by atoms with Crippen molar-refractivity contribution in [2.45, 2.75) is 0 Å². The Morgan fingerprint density at radius 2 is 1.47 bits per heavy atom. The maximum Gasteiger partial charge on any atom is 0.203 e. The van der Waals surface area contributed by atoms with E-state index in [4.69, 9.17) is 18.9 Å².